The number of hydrogen-bond donors (Lipinski definition) is 1. The summed E-state index contributed by atoms with van der Waals surface area (Å²) in [5, 5.41) is 3.41. The van der Waals surface area contributed by atoms with E-state index in [2.05, 4.69) is 33.9 Å². The summed E-state index contributed by atoms with van der Waals surface area (Å²) in [7, 11) is 3.70. The van der Waals surface area contributed by atoms with Crippen LogP contribution in [0.2, 0.25) is 0 Å². The van der Waals surface area contributed by atoms with E-state index in [0.29, 0.717) is 6.54 Å². The monoisotopic (exact) mass is 341 g/mol. The van der Waals surface area contributed by atoms with E-state index in [1.54, 1.807) is 13.4 Å². The summed E-state index contributed by atoms with van der Waals surface area (Å²) >= 11 is 0. The van der Waals surface area contributed by atoms with Crippen LogP contribution in [0.15, 0.2) is 64.2 Å². The summed E-state index contributed by atoms with van der Waals surface area (Å²) in [5.41, 5.74) is 2.22. The summed E-state index contributed by atoms with van der Waals surface area (Å²) in [6.07, 6.45) is 2.51. The highest BCUT2D eigenvalue weighted by Gasteiger charge is 2.08. The SMILES string of the molecule is C=C(C)CN=C(NCCc1ccco1)N(C)Cc1ccc(OC)cc1. The maximum atomic E-state index is 5.37. The van der Waals surface area contributed by atoms with E-state index in [1.807, 2.05) is 38.2 Å². The van der Waals surface area contributed by atoms with Gasteiger partial charge in [-0.2, -0.15) is 0 Å². The highest BCUT2D eigenvalue weighted by atomic mass is 16.5. The van der Waals surface area contributed by atoms with Crippen LogP contribution >= 0.6 is 0 Å². The first-order valence-electron chi connectivity index (χ1n) is 8.37. The van der Waals surface area contributed by atoms with Crippen molar-refractivity contribution in [2.45, 2.75) is 19.9 Å². The lowest BCUT2D eigenvalue weighted by molar-refractivity contribution is 0.414. The number of furan rings is 1. The molecular formula is C20H27N3O2. The molecule has 1 aromatic heterocycles. The molecule has 0 atom stereocenters. The van der Waals surface area contributed by atoms with Crippen LogP contribution in [0.25, 0.3) is 0 Å². The predicted molar refractivity (Wildman–Crippen MR) is 102 cm³/mol. The molecule has 0 fully saturated rings. The largest absolute Gasteiger partial charge is 0.497 e. The molecular weight excluding hydrogens is 314 g/mol. The number of rotatable bonds is 8. The minimum absolute atomic E-state index is 0.607. The van der Waals surface area contributed by atoms with E-state index in [9.17, 15) is 0 Å². The Kier molecular flexibility index (Phi) is 7.14. The Morgan fingerprint density at radius 3 is 2.64 bits per heavy atom. The molecule has 2 rings (SSSR count). The maximum Gasteiger partial charge on any atom is 0.194 e. The average Bonchev–Trinajstić information content (AvgIpc) is 3.11. The van der Waals surface area contributed by atoms with Crippen LogP contribution in [0.3, 0.4) is 0 Å². The van der Waals surface area contributed by atoms with Crippen molar-refractivity contribution in [3.05, 3.63) is 66.1 Å². The van der Waals surface area contributed by atoms with Crippen molar-refractivity contribution in [1.82, 2.24) is 10.2 Å². The Hall–Kier alpha value is -2.69. The molecule has 0 spiro atoms. The third kappa shape index (κ3) is 6.37. The first kappa shape index (κ1) is 18.6. The molecule has 1 heterocycles. The Bertz CT molecular complexity index is 675. The lowest BCUT2D eigenvalue weighted by atomic mass is 10.2. The Morgan fingerprint density at radius 1 is 1.28 bits per heavy atom. The molecule has 5 heteroatoms. The van der Waals surface area contributed by atoms with E-state index in [-0.39, 0.29) is 0 Å². The van der Waals surface area contributed by atoms with Crippen molar-refractivity contribution < 1.29 is 9.15 Å². The Balaban J connectivity index is 1.96. The summed E-state index contributed by atoms with van der Waals surface area (Å²) < 4.78 is 10.6. The van der Waals surface area contributed by atoms with Crippen LogP contribution in [0.4, 0.5) is 0 Å². The summed E-state index contributed by atoms with van der Waals surface area (Å²) in [6, 6.07) is 12.0. The lowest BCUT2D eigenvalue weighted by Crippen LogP contribution is -2.39. The molecule has 25 heavy (non-hydrogen) atoms. The first-order valence-corrected chi connectivity index (χ1v) is 8.37. The second-order valence-electron chi connectivity index (χ2n) is 6.06. The van der Waals surface area contributed by atoms with Gasteiger partial charge in [0.25, 0.3) is 0 Å². The molecule has 0 radical (unpaired) electrons. The van der Waals surface area contributed by atoms with Gasteiger partial charge in [0, 0.05) is 26.6 Å². The fraction of sp³-hybridized carbons (Fsp3) is 0.350. The van der Waals surface area contributed by atoms with Crippen LogP contribution in [0.1, 0.15) is 18.2 Å². The van der Waals surface area contributed by atoms with E-state index in [4.69, 9.17) is 9.15 Å². The van der Waals surface area contributed by atoms with Gasteiger partial charge in [0.1, 0.15) is 11.5 Å². The van der Waals surface area contributed by atoms with Crippen LogP contribution < -0.4 is 10.1 Å². The number of aliphatic imine (C=N–C) groups is 1. The minimum atomic E-state index is 0.607. The van der Waals surface area contributed by atoms with Gasteiger partial charge in [-0.15, -0.1) is 0 Å². The van der Waals surface area contributed by atoms with Crippen molar-refractivity contribution in [3.63, 3.8) is 0 Å². The van der Waals surface area contributed by atoms with Gasteiger partial charge < -0.3 is 19.4 Å². The molecule has 0 saturated carbocycles. The van der Waals surface area contributed by atoms with Gasteiger partial charge in [0.15, 0.2) is 5.96 Å². The quantitative estimate of drug-likeness (QED) is 0.454. The van der Waals surface area contributed by atoms with E-state index < -0.39 is 0 Å². The predicted octanol–water partition coefficient (Wildman–Crippen LogP) is 3.48. The number of ether oxygens (including phenoxy) is 1. The highest BCUT2D eigenvalue weighted by Crippen LogP contribution is 2.12. The third-order valence-electron chi connectivity index (χ3n) is 3.67. The van der Waals surface area contributed by atoms with Crippen molar-refractivity contribution >= 4 is 5.96 Å². The van der Waals surface area contributed by atoms with E-state index >= 15 is 0 Å². The number of hydrogen-bond acceptors (Lipinski definition) is 3. The first-order chi connectivity index (χ1) is 12.1. The van der Waals surface area contributed by atoms with E-state index in [1.165, 1.54) is 5.56 Å². The Morgan fingerprint density at radius 2 is 2.04 bits per heavy atom. The topological polar surface area (TPSA) is 50.0 Å². The van der Waals surface area contributed by atoms with Crippen LogP contribution in [-0.2, 0) is 13.0 Å². The highest BCUT2D eigenvalue weighted by molar-refractivity contribution is 5.79. The zero-order valence-corrected chi connectivity index (χ0v) is 15.3. The summed E-state index contributed by atoms with van der Waals surface area (Å²) in [6.45, 7) is 8.03. The number of guanidine groups is 1. The standard InChI is InChI=1S/C20H27N3O2/c1-16(2)14-22-20(21-12-11-19-6-5-13-25-19)23(3)15-17-7-9-18(24-4)10-8-17/h5-10,13H,1,11-12,14-15H2,2-4H3,(H,21,22). The summed E-state index contributed by atoms with van der Waals surface area (Å²) in [5.74, 6) is 2.68. The molecule has 0 aliphatic heterocycles. The third-order valence-corrected chi connectivity index (χ3v) is 3.67. The van der Waals surface area contributed by atoms with Gasteiger partial charge in [-0.3, -0.25) is 0 Å². The fourth-order valence-electron chi connectivity index (χ4n) is 2.35. The molecule has 1 N–H and O–H groups in total. The van der Waals surface area contributed by atoms with Gasteiger partial charge in [-0.1, -0.05) is 24.3 Å². The minimum Gasteiger partial charge on any atom is -0.497 e. The molecule has 0 unspecified atom stereocenters. The molecule has 0 aliphatic carbocycles. The van der Waals surface area contributed by atoms with Gasteiger partial charge in [-0.25, -0.2) is 4.99 Å². The van der Waals surface area contributed by atoms with Gasteiger partial charge >= 0.3 is 0 Å². The fourth-order valence-corrected chi connectivity index (χ4v) is 2.35. The molecule has 0 amide bonds. The second-order valence-corrected chi connectivity index (χ2v) is 6.06. The lowest BCUT2D eigenvalue weighted by Gasteiger charge is -2.23. The van der Waals surface area contributed by atoms with Gasteiger partial charge in [0.05, 0.1) is 19.9 Å². The number of benzene rings is 1. The molecule has 5 nitrogen and oxygen atoms in total. The van der Waals surface area contributed by atoms with Crippen LogP contribution in [0, 0.1) is 0 Å². The molecule has 2 aromatic rings. The van der Waals surface area contributed by atoms with Gasteiger partial charge in [-0.05, 0) is 36.8 Å². The molecule has 0 saturated heterocycles. The molecule has 0 bridgehead atoms. The van der Waals surface area contributed by atoms with Crippen molar-refractivity contribution in [2.24, 2.45) is 4.99 Å². The van der Waals surface area contributed by atoms with Gasteiger partial charge in [0.2, 0.25) is 0 Å². The zero-order valence-electron chi connectivity index (χ0n) is 15.3. The molecule has 0 aliphatic rings. The van der Waals surface area contributed by atoms with E-state index in [0.717, 1.165) is 42.6 Å². The maximum absolute atomic E-state index is 5.37. The van der Waals surface area contributed by atoms with Crippen LogP contribution in [-0.4, -0.2) is 38.1 Å². The average molecular weight is 341 g/mol. The molecule has 134 valence electrons. The van der Waals surface area contributed by atoms with Crippen molar-refractivity contribution in [2.75, 3.05) is 27.2 Å². The molecule has 1 aromatic carbocycles. The number of nitrogens with one attached hydrogen (secondary N) is 1. The Labute approximate surface area is 150 Å². The zero-order chi connectivity index (χ0) is 18.1. The van der Waals surface area contributed by atoms with Crippen molar-refractivity contribution in [1.29, 1.82) is 0 Å². The second kappa shape index (κ2) is 9.57. The van der Waals surface area contributed by atoms with Crippen molar-refractivity contribution in [3.8, 4) is 5.75 Å². The smallest absolute Gasteiger partial charge is 0.194 e. The van der Waals surface area contributed by atoms with Crippen LogP contribution in [0.5, 0.6) is 5.75 Å². The summed E-state index contributed by atoms with van der Waals surface area (Å²) in [4.78, 5) is 6.75. The number of nitrogens with zero attached hydrogens (tertiary/aromatic N) is 2. The normalized spacial score (nSPS) is 11.2. The number of methoxy groups -OCH3 is 1.